The number of carbonyl (C=O) groups is 2. The van der Waals surface area contributed by atoms with Crippen LogP contribution >= 0.6 is 0 Å². The molecule has 104 valence electrons. The summed E-state index contributed by atoms with van der Waals surface area (Å²) in [5.41, 5.74) is 3.42. The van der Waals surface area contributed by atoms with Gasteiger partial charge in [0.15, 0.2) is 5.78 Å². The lowest BCUT2D eigenvalue weighted by molar-refractivity contribution is -0.127. The Balaban J connectivity index is 2.09. The standard InChI is InChI=1S/C18H14O3/c1-11-8-9-12(2)17-16(11)14(18(20)21-17)10-15(19)13-6-4-3-5-7-13/h3-10H,1-2H3. The van der Waals surface area contributed by atoms with Crippen LogP contribution in [0, 0.1) is 13.8 Å². The SMILES string of the molecule is Cc1ccc(C)c2c1OC(=O)C2=CC(=O)c1ccccc1. The van der Waals surface area contributed by atoms with E-state index >= 15 is 0 Å². The number of esters is 1. The number of rotatable bonds is 2. The fourth-order valence-corrected chi connectivity index (χ4v) is 2.45. The van der Waals surface area contributed by atoms with Crippen LogP contribution in [-0.2, 0) is 4.79 Å². The molecule has 0 atom stereocenters. The van der Waals surface area contributed by atoms with Gasteiger partial charge >= 0.3 is 5.97 Å². The molecule has 3 nitrogen and oxygen atoms in total. The van der Waals surface area contributed by atoms with Crippen LogP contribution in [0.4, 0.5) is 0 Å². The predicted octanol–water partition coefficient (Wildman–Crippen LogP) is 3.49. The van der Waals surface area contributed by atoms with Crippen LogP contribution in [0.2, 0.25) is 0 Å². The highest BCUT2D eigenvalue weighted by Crippen LogP contribution is 2.39. The molecule has 1 aliphatic heterocycles. The highest BCUT2D eigenvalue weighted by atomic mass is 16.5. The molecule has 1 heterocycles. The van der Waals surface area contributed by atoms with Crippen molar-refractivity contribution in [3.63, 3.8) is 0 Å². The van der Waals surface area contributed by atoms with E-state index in [1.165, 1.54) is 6.08 Å². The van der Waals surface area contributed by atoms with Gasteiger partial charge in [0.1, 0.15) is 5.75 Å². The number of hydrogen-bond acceptors (Lipinski definition) is 3. The molecule has 3 rings (SSSR count). The molecule has 0 spiro atoms. The zero-order valence-corrected chi connectivity index (χ0v) is 11.8. The van der Waals surface area contributed by atoms with E-state index in [1.807, 2.05) is 32.0 Å². The first kappa shape index (κ1) is 13.3. The zero-order valence-electron chi connectivity index (χ0n) is 11.8. The minimum absolute atomic E-state index is 0.198. The van der Waals surface area contributed by atoms with Crippen molar-refractivity contribution in [1.82, 2.24) is 0 Å². The van der Waals surface area contributed by atoms with E-state index in [0.29, 0.717) is 16.9 Å². The maximum absolute atomic E-state index is 12.3. The minimum atomic E-state index is -0.466. The Kier molecular flexibility index (Phi) is 3.18. The normalized spacial score (nSPS) is 15.0. The largest absolute Gasteiger partial charge is 0.422 e. The zero-order chi connectivity index (χ0) is 15.0. The molecule has 21 heavy (non-hydrogen) atoms. The van der Waals surface area contributed by atoms with Gasteiger partial charge in [-0.15, -0.1) is 0 Å². The molecule has 0 saturated heterocycles. The van der Waals surface area contributed by atoms with Crippen LogP contribution in [-0.4, -0.2) is 11.8 Å². The first-order valence-corrected chi connectivity index (χ1v) is 6.72. The minimum Gasteiger partial charge on any atom is -0.422 e. The quantitative estimate of drug-likeness (QED) is 0.365. The van der Waals surface area contributed by atoms with E-state index in [2.05, 4.69) is 0 Å². The first-order chi connectivity index (χ1) is 10.1. The molecule has 0 bridgehead atoms. The summed E-state index contributed by atoms with van der Waals surface area (Å²) in [5.74, 6) is -0.102. The molecular formula is C18H14O3. The Morgan fingerprint density at radius 2 is 1.67 bits per heavy atom. The van der Waals surface area contributed by atoms with Crippen molar-refractivity contribution in [3.8, 4) is 5.75 Å². The number of hydrogen-bond donors (Lipinski definition) is 0. The van der Waals surface area contributed by atoms with Gasteiger partial charge in [0.25, 0.3) is 0 Å². The van der Waals surface area contributed by atoms with Crippen LogP contribution in [0.3, 0.4) is 0 Å². The van der Waals surface area contributed by atoms with Gasteiger partial charge in [-0.1, -0.05) is 42.5 Å². The van der Waals surface area contributed by atoms with Gasteiger partial charge in [0, 0.05) is 17.2 Å². The van der Waals surface area contributed by atoms with Crippen LogP contribution in [0.15, 0.2) is 48.5 Å². The van der Waals surface area contributed by atoms with Gasteiger partial charge in [-0.2, -0.15) is 0 Å². The highest BCUT2D eigenvalue weighted by Gasteiger charge is 2.30. The average molecular weight is 278 g/mol. The van der Waals surface area contributed by atoms with E-state index in [1.54, 1.807) is 24.3 Å². The lowest BCUT2D eigenvalue weighted by Gasteiger charge is -2.04. The number of ether oxygens (including phenoxy) is 1. The maximum Gasteiger partial charge on any atom is 0.344 e. The number of fused-ring (bicyclic) bond motifs is 1. The monoisotopic (exact) mass is 278 g/mol. The lowest BCUT2D eigenvalue weighted by atomic mass is 9.97. The molecule has 0 saturated carbocycles. The van der Waals surface area contributed by atoms with Gasteiger partial charge in [0.05, 0.1) is 5.57 Å². The Hall–Kier alpha value is -2.68. The van der Waals surface area contributed by atoms with Crippen molar-refractivity contribution in [3.05, 3.63) is 70.8 Å². The summed E-state index contributed by atoms with van der Waals surface area (Å²) in [4.78, 5) is 24.3. The van der Waals surface area contributed by atoms with E-state index in [0.717, 1.165) is 16.7 Å². The molecule has 0 N–H and O–H groups in total. The summed E-state index contributed by atoms with van der Waals surface area (Å²) in [5, 5.41) is 0. The molecule has 0 fully saturated rings. The molecule has 2 aromatic carbocycles. The van der Waals surface area contributed by atoms with Crippen LogP contribution in [0.25, 0.3) is 5.57 Å². The smallest absolute Gasteiger partial charge is 0.344 e. The fourth-order valence-electron chi connectivity index (χ4n) is 2.45. The molecule has 0 radical (unpaired) electrons. The van der Waals surface area contributed by atoms with Crippen LogP contribution in [0.5, 0.6) is 5.75 Å². The molecule has 2 aromatic rings. The van der Waals surface area contributed by atoms with Crippen molar-refractivity contribution in [2.45, 2.75) is 13.8 Å². The van der Waals surface area contributed by atoms with Gasteiger partial charge in [-0.25, -0.2) is 4.79 Å². The third kappa shape index (κ3) is 2.27. The summed E-state index contributed by atoms with van der Waals surface area (Å²) in [7, 11) is 0. The number of ketones is 1. The summed E-state index contributed by atoms with van der Waals surface area (Å²) in [6.45, 7) is 3.79. The Morgan fingerprint density at radius 3 is 2.38 bits per heavy atom. The first-order valence-electron chi connectivity index (χ1n) is 6.72. The molecule has 0 aromatic heterocycles. The van der Waals surface area contributed by atoms with E-state index in [9.17, 15) is 9.59 Å². The number of allylic oxidation sites excluding steroid dienone is 1. The highest BCUT2D eigenvalue weighted by molar-refractivity contribution is 6.27. The molecule has 1 aliphatic rings. The van der Waals surface area contributed by atoms with Crippen molar-refractivity contribution >= 4 is 17.3 Å². The Bertz CT molecular complexity index is 771. The third-order valence-electron chi connectivity index (χ3n) is 3.58. The van der Waals surface area contributed by atoms with Crippen molar-refractivity contribution in [2.24, 2.45) is 0 Å². The van der Waals surface area contributed by atoms with E-state index in [4.69, 9.17) is 4.74 Å². The second kappa shape index (κ2) is 5.02. The number of benzene rings is 2. The molecular weight excluding hydrogens is 264 g/mol. The average Bonchev–Trinajstić information content (AvgIpc) is 2.82. The fraction of sp³-hybridized carbons (Fsp3) is 0.111. The van der Waals surface area contributed by atoms with Crippen LogP contribution < -0.4 is 4.74 Å². The summed E-state index contributed by atoms with van der Waals surface area (Å²) >= 11 is 0. The van der Waals surface area contributed by atoms with Gasteiger partial charge in [-0.05, 0) is 25.0 Å². The Labute approximate surface area is 122 Å². The van der Waals surface area contributed by atoms with Gasteiger partial charge in [0.2, 0.25) is 0 Å². The van der Waals surface area contributed by atoms with Crippen molar-refractivity contribution < 1.29 is 14.3 Å². The summed E-state index contributed by atoms with van der Waals surface area (Å²) in [6.07, 6.45) is 1.37. The van der Waals surface area contributed by atoms with Gasteiger partial charge < -0.3 is 4.74 Å². The van der Waals surface area contributed by atoms with Crippen molar-refractivity contribution in [2.75, 3.05) is 0 Å². The lowest BCUT2D eigenvalue weighted by Crippen LogP contribution is -2.04. The molecule has 0 aliphatic carbocycles. The number of carbonyl (C=O) groups excluding carboxylic acids is 2. The predicted molar refractivity (Wildman–Crippen MR) is 80.3 cm³/mol. The second-order valence-corrected chi connectivity index (χ2v) is 5.08. The second-order valence-electron chi connectivity index (χ2n) is 5.08. The summed E-state index contributed by atoms with van der Waals surface area (Å²) < 4.78 is 5.31. The summed E-state index contributed by atoms with van der Waals surface area (Å²) in [6, 6.07) is 12.7. The number of aryl methyl sites for hydroxylation is 2. The van der Waals surface area contributed by atoms with E-state index in [-0.39, 0.29) is 5.78 Å². The molecule has 0 unspecified atom stereocenters. The van der Waals surface area contributed by atoms with Crippen LogP contribution in [0.1, 0.15) is 27.0 Å². The topological polar surface area (TPSA) is 43.4 Å². The molecule has 3 heteroatoms. The third-order valence-corrected chi connectivity index (χ3v) is 3.58. The van der Waals surface area contributed by atoms with E-state index < -0.39 is 5.97 Å². The van der Waals surface area contributed by atoms with Crippen molar-refractivity contribution in [1.29, 1.82) is 0 Å². The Morgan fingerprint density at radius 1 is 1.00 bits per heavy atom. The van der Waals surface area contributed by atoms with Gasteiger partial charge in [-0.3, -0.25) is 4.79 Å². The molecule has 0 amide bonds. The maximum atomic E-state index is 12.3.